The van der Waals surface area contributed by atoms with Gasteiger partial charge in [0.15, 0.2) is 0 Å². The maximum Gasteiger partial charge on any atom is 0.311 e. The lowest BCUT2D eigenvalue weighted by Gasteiger charge is -2.24. The predicted molar refractivity (Wildman–Crippen MR) is 96.1 cm³/mol. The first kappa shape index (κ1) is 16.3. The summed E-state index contributed by atoms with van der Waals surface area (Å²) in [6.45, 7) is 4.46. The lowest BCUT2D eigenvalue weighted by Crippen LogP contribution is -2.35. The number of nitrogens with zero attached hydrogens (tertiary/aromatic N) is 3. The van der Waals surface area contributed by atoms with Crippen LogP contribution in [0.2, 0.25) is 0 Å². The van der Waals surface area contributed by atoms with Crippen molar-refractivity contribution in [1.82, 2.24) is 14.7 Å². The zero-order valence-electron chi connectivity index (χ0n) is 14.9. The molecule has 25 heavy (non-hydrogen) atoms. The van der Waals surface area contributed by atoms with Gasteiger partial charge in [0.25, 0.3) is 0 Å². The lowest BCUT2D eigenvalue weighted by atomic mass is 9.81. The molecule has 0 radical (unpaired) electrons. The van der Waals surface area contributed by atoms with E-state index in [2.05, 4.69) is 35.1 Å². The summed E-state index contributed by atoms with van der Waals surface area (Å²) < 4.78 is 1.90. The van der Waals surface area contributed by atoms with Gasteiger partial charge in [-0.25, -0.2) is 0 Å². The molecule has 1 N–H and O–H groups in total. The molecule has 1 aliphatic carbocycles. The molecule has 2 fully saturated rings. The van der Waals surface area contributed by atoms with E-state index in [1.54, 1.807) is 0 Å². The van der Waals surface area contributed by atoms with Gasteiger partial charge in [0.1, 0.15) is 0 Å². The van der Waals surface area contributed by atoms with Gasteiger partial charge in [0, 0.05) is 38.4 Å². The number of hydrogen-bond acceptors (Lipinski definition) is 3. The van der Waals surface area contributed by atoms with E-state index in [9.17, 15) is 9.90 Å². The number of fused-ring (bicyclic) bond motifs is 1. The Kier molecular flexibility index (Phi) is 3.91. The molecule has 2 heterocycles. The molecule has 1 aliphatic heterocycles. The molecular formula is C20H25N3O2. The summed E-state index contributed by atoms with van der Waals surface area (Å²) in [7, 11) is 1.96. The smallest absolute Gasteiger partial charge is 0.311 e. The molecule has 1 aromatic heterocycles. The highest BCUT2D eigenvalue weighted by atomic mass is 16.4. The first-order valence-electron chi connectivity index (χ1n) is 9.03. The first-order valence-corrected chi connectivity index (χ1v) is 9.03. The minimum atomic E-state index is -0.603. The van der Waals surface area contributed by atoms with Crippen LogP contribution in [0.5, 0.6) is 0 Å². The van der Waals surface area contributed by atoms with Crippen molar-refractivity contribution >= 4 is 5.97 Å². The van der Waals surface area contributed by atoms with Crippen molar-refractivity contribution in [2.75, 3.05) is 13.1 Å². The SMILES string of the molecule is Cc1ccc(CN2C[C@@H]3CCC[C@@]3(C(=O)O)C2)c(-c2ccnn2C)c1. The highest BCUT2D eigenvalue weighted by Crippen LogP contribution is 2.49. The van der Waals surface area contributed by atoms with Crippen molar-refractivity contribution in [2.45, 2.75) is 32.7 Å². The number of carbonyl (C=O) groups is 1. The van der Waals surface area contributed by atoms with Crippen LogP contribution in [-0.2, 0) is 18.4 Å². The normalized spacial score (nSPS) is 26.1. The van der Waals surface area contributed by atoms with Crippen LogP contribution in [0.4, 0.5) is 0 Å². The molecule has 1 saturated carbocycles. The second kappa shape index (κ2) is 5.99. The third-order valence-electron chi connectivity index (χ3n) is 6.12. The van der Waals surface area contributed by atoms with Crippen molar-refractivity contribution < 1.29 is 9.90 Å². The van der Waals surface area contributed by atoms with Crippen LogP contribution in [0.1, 0.15) is 30.4 Å². The van der Waals surface area contributed by atoms with Gasteiger partial charge in [0.05, 0.1) is 11.1 Å². The van der Waals surface area contributed by atoms with Crippen LogP contribution in [0.3, 0.4) is 0 Å². The van der Waals surface area contributed by atoms with E-state index in [1.807, 2.05) is 24.0 Å². The summed E-state index contributed by atoms with van der Waals surface area (Å²) in [6.07, 6.45) is 4.74. The number of carboxylic acid groups (broad SMARTS) is 1. The second-order valence-electron chi connectivity index (χ2n) is 7.72. The largest absolute Gasteiger partial charge is 0.481 e. The number of hydrogen-bond donors (Lipinski definition) is 1. The van der Waals surface area contributed by atoms with E-state index < -0.39 is 11.4 Å². The quantitative estimate of drug-likeness (QED) is 0.930. The number of aliphatic carboxylic acids is 1. The van der Waals surface area contributed by atoms with Crippen LogP contribution in [-0.4, -0.2) is 38.8 Å². The van der Waals surface area contributed by atoms with Gasteiger partial charge < -0.3 is 5.11 Å². The molecule has 4 rings (SSSR count). The van der Waals surface area contributed by atoms with Gasteiger partial charge >= 0.3 is 5.97 Å². The number of carboxylic acids is 1. The summed E-state index contributed by atoms with van der Waals surface area (Å²) in [5.74, 6) is -0.302. The molecule has 5 nitrogen and oxygen atoms in total. The Hall–Kier alpha value is -2.14. The summed E-state index contributed by atoms with van der Waals surface area (Å²) >= 11 is 0. The predicted octanol–water partition coefficient (Wildman–Crippen LogP) is 3.08. The molecule has 1 saturated heterocycles. The molecule has 0 bridgehead atoms. The van der Waals surface area contributed by atoms with Crippen molar-refractivity contribution in [3.8, 4) is 11.3 Å². The standard InChI is InChI=1S/C20H25N3O2/c1-14-5-6-15(17(10-14)18-7-9-21-22(18)2)11-23-12-16-4-3-8-20(16,13-23)19(24)25/h5-7,9-10,16H,3-4,8,11-13H2,1-2H3,(H,24,25)/t16-,20+/m0/s1. The van der Waals surface area contributed by atoms with Crippen molar-refractivity contribution in [3.05, 3.63) is 41.6 Å². The average molecular weight is 339 g/mol. The van der Waals surface area contributed by atoms with Gasteiger partial charge in [0.2, 0.25) is 0 Å². The van der Waals surface area contributed by atoms with Crippen molar-refractivity contribution in [2.24, 2.45) is 18.4 Å². The van der Waals surface area contributed by atoms with E-state index in [0.29, 0.717) is 12.5 Å². The number of likely N-dealkylation sites (tertiary alicyclic amines) is 1. The zero-order chi connectivity index (χ0) is 17.6. The number of rotatable bonds is 4. The van der Waals surface area contributed by atoms with Crippen molar-refractivity contribution in [1.29, 1.82) is 0 Å². The van der Waals surface area contributed by atoms with E-state index in [4.69, 9.17) is 0 Å². The minimum absolute atomic E-state index is 0.301. The molecule has 1 aromatic carbocycles. The number of aryl methyl sites for hydroxylation is 2. The summed E-state index contributed by atoms with van der Waals surface area (Å²) in [4.78, 5) is 14.2. The number of benzene rings is 1. The van der Waals surface area contributed by atoms with E-state index in [-0.39, 0.29) is 0 Å². The van der Waals surface area contributed by atoms with Crippen LogP contribution in [0.25, 0.3) is 11.3 Å². The zero-order valence-corrected chi connectivity index (χ0v) is 14.9. The first-order chi connectivity index (χ1) is 12.0. The molecule has 2 atom stereocenters. The highest BCUT2D eigenvalue weighted by molar-refractivity contribution is 5.76. The third kappa shape index (κ3) is 2.67. The van der Waals surface area contributed by atoms with Crippen LogP contribution >= 0.6 is 0 Å². The van der Waals surface area contributed by atoms with E-state index >= 15 is 0 Å². The average Bonchev–Trinajstić information content (AvgIpc) is 3.23. The lowest BCUT2D eigenvalue weighted by molar-refractivity contribution is -0.149. The van der Waals surface area contributed by atoms with Gasteiger partial charge in [-0.1, -0.05) is 24.1 Å². The molecule has 0 amide bonds. The molecular weight excluding hydrogens is 314 g/mol. The van der Waals surface area contributed by atoms with Gasteiger partial charge in [-0.15, -0.1) is 0 Å². The fraction of sp³-hybridized carbons (Fsp3) is 0.500. The molecule has 0 spiro atoms. The minimum Gasteiger partial charge on any atom is -0.481 e. The fourth-order valence-corrected chi connectivity index (χ4v) is 4.81. The molecule has 2 aliphatic rings. The third-order valence-corrected chi connectivity index (χ3v) is 6.12. The van der Waals surface area contributed by atoms with Gasteiger partial charge in [-0.05, 0) is 43.4 Å². The van der Waals surface area contributed by atoms with Crippen LogP contribution in [0, 0.1) is 18.3 Å². The van der Waals surface area contributed by atoms with Crippen LogP contribution < -0.4 is 0 Å². The second-order valence-corrected chi connectivity index (χ2v) is 7.72. The van der Waals surface area contributed by atoms with E-state index in [0.717, 1.165) is 38.0 Å². The summed E-state index contributed by atoms with van der Waals surface area (Å²) in [5, 5.41) is 14.1. The van der Waals surface area contributed by atoms with E-state index in [1.165, 1.54) is 16.7 Å². The van der Waals surface area contributed by atoms with Gasteiger partial charge in [-0.2, -0.15) is 5.10 Å². The Bertz CT molecular complexity index is 813. The fourth-order valence-electron chi connectivity index (χ4n) is 4.81. The summed E-state index contributed by atoms with van der Waals surface area (Å²) in [5.41, 5.74) is 4.25. The molecule has 2 aromatic rings. The Labute approximate surface area is 148 Å². The molecule has 5 heteroatoms. The Morgan fingerprint density at radius 1 is 1.40 bits per heavy atom. The number of aromatic nitrogens is 2. The maximum atomic E-state index is 11.9. The monoisotopic (exact) mass is 339 g/mol. The topological polar surface area (TPSA) is 58.4 Å². The van der Waals surface area contributed by atoms with Crippen molar-refractivity contribution in [3.63, 3.8) is 0 Å². The Morgan fingerprint density at radius 3 is 2.92 bits per heavy atom. The molecule has 132 valence electrons. The highest BCUT2D eigenvalue weighted by Gasteiger charge is 2.54. The van der Waals surface area contributed by atoms with Gasteiger partial charge in [-0.3, -0.25) is 14.4 Å². The Morgan fingerprint density at radius 2 is 2.24 bits per heavy atom. The van der Waals surface area contributed by atoms with Crippen LogP contribution in [0.15, 0.2) is 30.5 Å². The Balaban J connectivity index is 1.62. The molecule has 0 unspecified atom stereocenters. The summed E-state index contributed by atoms with van der Waals surface area (Å²) in [6, 6.07) is 8.56. The maximum absolute atomic E-state index is 11.9.